The normalized spacial score (nSPS) is 12.1. The molecule has 0 atom stereocenters. The van der Waals surface area contributed by atoms with E-state index in [1.165, 1.54) is 13.8 Å². The Labute approximate surface area is 61.5 Å². The van der Waals surface area contributed by atoms with Gasteiger partial charge in [0.15, 0.2) is 0 Å². The van der Waals surface area contributed by atoms with Gasteiger partial charge < -0.3 is 4.98 Å². The van der Waals surface area contributed by atoms with Gasteiger partial charge in [-0.3, -0.25) is 0 Å². The van der Waals surface area contributed by atoms with Gasteiger partial charge in [-0.2, -0.15) is 13.2 Å². The van der Waals surface area contributed by atoms with Crippen LogP contribution in [-0.2, 0) is 6.18 Å². The molecule has 1 heterocycles. The van der Waals surface area contributed by atoms with E-state index in [1.54, 1.807) is 0 Å². The number of nitrogens with zero attached hydrogens (tertiary/aromatic N) is 1. The minimum absolute atomic E-state index is 0.00463. The topological polar surface area (TPSA) is 28.7 Å². The standard InChI is InChI=1S/C6H7F3N2/c1-3-5(6(7,8)9)11-4(2)10-3/h1-2H3,(H,10,11). The van der Waals surface area contributed by atoms with Crippen LogP contribution in [0, 0.1) is 13.8 Å². The maximum Gasteiger partial charge on any atom is 0.433 e. The van der Waals surface area contributed by atoms with E-state index in [-0.39, 0.29) is 11.5 Å². The number of aromatic amines is 1. The number of aryl methyl sites for hydroxylation is 2. The molecule has 0 aliphatic carbocycles. The van der Waals surface area contributed by atoms with Gasteiger partial charge in [-0.1, -0.05) is 0 Å². The van der Waals surface area contributed by atoms with Gasteiger partial charge >= 0.3 is 6.18 Å². The second kappa shape index (κ2) is 2.25. The van der Waals surface area contributed by atoms with E-state index in [0.29, 0.717) is 0 Å². The van der Waals surface area contributed by atoms with E-state index in [0.717, 1.165) is 0 Å². The van der Waals surface area contributed by atoms with Crippen LogP contribution in [0.2, 0.25) is 0 Å². The molecule has 0 aromatic carbocycles. The summed E-state index contributed by atoms with van der Waals surface area (Å²) >= 11 is 0. The first-order chi connectivity index (χ1) is 4.91. The van der Waals surface area contributed by atoms with Crippen LogP contribution in [-0.4, -0.2) is 9.97 Å². The van der Waals surface area contributed by atoms with E-state index in [1.807, 2.05) is 0 Å². The summed E-state index contributed by atoms with van der Waals surface area (Å²) in [7, 11) is 0. The maximum atomic E-state index is 12.0. The molecular weight excluding hydrogens is 157 g/mol. The van der Waals surface area contributed by atoms with E-state index in [4.69, 9.17) is 0 Å². The summed E-state index contributed by atoms with van der Waals surface area (Å²) in [5.41, 5.74) is -0.759. The Kier molecular flexibility index (Phi) is 1.66. The van der Waals surface area contributed by atoms with Gasteiger partial charge in [-0.15, -0.1) is 0 Å². The summed E-state index contributed by atoms with van der Waals surface area (Å²) in [5.74, 6) is 0.287. The molecule has 0 bridgehead atoms. The van der Waals surface area contributed by atoms with Crippen molar-refractivity contribution in [2.45, 2.75) is 20.0 Å². The molecule has 0 aliphatic heterocycles. The molecule has 1 N–H and O–H groups in total. The van der Waals surface area contributed by atoms with Crippen molar-refractivity contribution < 1.29 is 13.2 Å². The Hall–Kier alpha value is -1.00. The van der Waals surface area contributed by atoms with E-state index >= 15 is 0 Å². The number of halogens is 3. The molecular formula is C6H7F3N2. The fraction of sp³-hybridized carbons (Fsp3) is 0.500. The van der Waals surface area contributed by atoms with Crippen LogP contribution in [0.5, 0.6) is 0 Å². The van der Waals surface area contributed by atoms with Gasteiger partial charge in [0.25, 0.3) is 0 Å². The van der Waals surface area contributed by atoms with Crippen LogP contribution in [0.15, 0.2) is 0 Å². The molecule has 1 aromatic rings. The Bertz CT molecular complexity index is 261. The molecule has 62 valence electrons. The number of rotatable bonds is 0. The van der Waals surface area contributed by atoms with Crippen molar-refractivity contribution in [1.29, 1.82) is 0 Å². The lowest BCUT2D eigenvalue weighted by atomic mass is 10.3. The maximum absolute atomic E-state index is 12.0. The third-order valence-electron chi connectivity index (χ3n) is 1.29. The number of nitrogens with one attached hydrogen (secondary N) is 1. The Morgan fingerprint density at radius 2 is 1.82 bits per heavy atom. The van der Waals surface area contributed by atoms with Crippen LogP contribution < -0.4 is 0 Å². The van der Waals surface area contributed by atoms with Crippen molar-refractivity contribution >= 4 is 0 Å². The summed E-state index contributed by atoms with van der Waals surface area (Å²) in [5, 5.41) is 0. The van der Waals surface area contributed by atoms with Crippen molar-refractivity contribution in [1.82, 2.24) is 9.97 Å². The van der Waals surface area contributed by atoms with Crippen LogP contribution >= 0.6 is 0 Å². The third kappa shape index (κ3) is 1.53. The fourth-order valence-corrected chi connectivity index (χ4v) is 0.883. The summed E-state index contributed by atoms with van der Waals surface area (Å²) in [6.45, 7) is 2.81. The molecule has 1 rings (SSSR count). The molecule has 11 heavy (non-hydrogen) atoms. The first-order valence-corrected chi connectivity index (χ1v) is 3.01. The van der Waals surface area contributed by atoms with Crippen LogP contribution in [0.1, 0.15) is 17.2 Å². The minimum atomic E-state index is -4.31. The lowest BCUT2D eigenvalue weighted by Gasteiger charge is -2.02. The largest absolute Gasteiger partial charge is 0.433 e. The van der Waals surface area contributed by atoms with E-state index < -0.39 is 11.9 Å². The third-order valence-corrected chi connectivity index (χ3v) is 1.29. The van der Waals surface area contributed by atoms with Crippen LogP contribution in [0.25, 0.3) is 0 Å². The van der Waals surface area contributed by atoms with E-state index in [9.17, 15) is 13.2 Å². The highest BCUT2D eigenvalue weighted by Crippen LogP contribution is 2.29. The molecule has 5 heteroatoms. The number of hydrogen-bond acceptors (Lipinski definition) is 1. The first-order valence-electron chi connectivity index (χ1n) is 3.01. The first kappa shape index (κ1) is 8.10. The molecule has 0 fully saturated rings. The second-order valence-electron chi connectivity index (χ2n) is 2.28. The molecule has 0 aliphatic rings. The second-order valence-corrected chi connectivity index (χ2v) is 2.28. The zero-order valence-electron chi connectivity index (χ0n) is 6.08. The average molecular weight is 164 g/mol. The predicted octanol–water partition coefficient (Wildman–Crippen LogP) is 2.05. The molecule has 0 unspecified atom stereocenters. The molecule has 0 spiro atoms. The molecule has 0 saturated carbocycles. The van der Waals surface area contributed by atoms with E-state index in [2.05, 4.69) is 9.97 Å². The summed E-state index contributed by atoms with van der Waals surface area (Å²) < 4.78 is 36.0. The van der Waals surface area contributed by atoms with Crippen molar-refractivity contribution in [2.75, 3.05) is 0 Å². The fourth-order valence-electron chi connectivity index (χ4n) is 0.883. The number of aromatic nitrogens is 2. The van der Waals surface area contributed by atoms with Crippen LogP contribution in [0.4, 0.5) is 13.2 Å². The van der Waals surface area contributed by atoms with Gasteiger partial charge in [0, 0.05) is 0 Å². The quantitative estimate of drug-likeness (QED) is 0.624. The number of hydrogen-bond donors (Lipinski definition) is 1. The lowest BCUT2D eigenvalue weighted by Crippen LogP contribution is -2.07. The number of H-pyrrole nitrogens is 1. The highest BCUT2D eigenvalue weighted by molar-refractivity contribution is 5.15. The summed E-state index contributed by atoms with van der Waals surface area (Å²) in [4.78, 5) is 5.75. The minimum Gasteiger partial charge on any atom is -0.338 e. The van der Waals surface area contributed by atoms with Gasteiger partial charge in [-0.05, 0) is 13.8 Å². The zero-order chi connectivity index (χ0) is 8.65. The van der Waals surface area contributed by atoms with Gasteiger partial charge in [0.1, 0.15) is 11.5 Å². The summed E-state index contributed by atoms with van der Waals surface area (Å²) in [6.07, 6.45) is -4.31. The molecule has 0 radical (unpaired) electrons. The monoisotopic (exact) mass is 164 g/mol. The smallest absolute Gasteiger partial charge is 0.338 e. The zero-order valence-corrected chi connectivity index (χ0v) is 6.08. The predicted molar refractivity (Wildman–Crippen MR) is 33.1 cm³/mol. The Balaban J connectivity index is 3.13. The number of alkyl halides is 3. The highest BCUT2D eigenvalue weighted by Gasteiger charge is 2.34. The summed E-state index contributed by atoms with van der Waals surface area (Å²) in [6, 6.07) is 0. The van der Waals surface area contributed by atoms with Crippen molar-refractivity contribution in [3.05, 3.63) is 17.2 Å². The van der Waals surface area contributed by atoms with Gasteiger partial charge in [0.05, 0.1) is 5.69 Å². The average Bonchev–Trinajstić information content (AvgIpc) is 2.08. The molecule has 1 aromatic heterocycles. The van der Waals surface area contributed by atoms with Gasteiger partial charge in [-0.25, -0.2) is 4.98 Å². The van der Waals surface area contributed by atoms with Crippen molar-refractivity contribution in [2.24, 2.45) is 0 Å². The molecule has 0 amide bonds. The van der Waals surface area contributed by atoms with Crippen molar-refractivity contribution in [3.8, 4) is 0 Å². The van der Waals surface area contributed by atoms with Crippen LogP contribution in [0.3, 0.4) is 0 Å². The molecule has 0 saturated heterocycles. The number of imidazole rings is 1. The van der Waals surface area contributed by atoms with Gasteiger partial charge in [0.2, 0.25) is 0 Å². The Morgan fingerprint density at radius 3 is 2.00 bits per heavy atom. The molecule has 2 nitrogen and oxygen atoms in total. The Morgan fingerprint density at radius 1 is 1.27 bits per heavy atom. The van der Waals surface area contributed by atoms with Crippen molar-refractivity contribution in [3.63, 3.8) is 0 Å². The highest BCUT2D eigenvalue weighted by atomic mass is 19.4. The lowest BCUT2D eigenvalue weighted by molar-refractivity contribution is -0.141. The SMILES string of the molecule is Cc1nc(C)c(C(F)(F)F)[nH]1.